The molecule has 1 saturated heterocycles. The number of hydrogen-bond acceptors (Lipinski definition) is 4. The Labute approximate surface area is 118 Å². The van der Waals surface area contributed by atoms with Gasteiger partial charge in [0.05, 0.1) is 0 Å². The number of thiazole rings is 1. The lowest BCUT2D eigenvalue weighted by atomic mass is 9.97. The Morgan fingerprint density at radius 1 is 1.37 bits per heavy atom. The first-order valence-corrected chi connectivity index (χ1v) is 7.53. The van der Waals surface area contributed by atoms with E-state index in [1.807, 2.05) is 6.20 Å². The van der Waals surface area contributed by atoms with Crippen LogP contribution in [0.25, 0.3) is 0 Å². The summed E-state index contributed by atoms with van der Waals surface area (Å²) in [7, 11) is 0. The summed E-state index contributed by atoms with van der Waals surface area (Å²) in [6.07, 6.45) is 3.14. The van der Waals surface area contributed by atoms with Crippen LogP contribution in [0.5, 0.6) is 0 Å². The molecule has 1 aliphatic rings. The molecule has 1 aromatic carbocycles. The lowest BCUT2D eigenvalue weighted by Crippen LogP contribution is -2.26. The number of aromatic nitrogens is 1. The van der Waals surface area contributed by atoms with Crippen molar-refractivity contribution in [3.05, 3.63) is 47.0 Å². The summed E-state index contributed by atoms with van der Waals surface area (Å²) in [5.74, 6) is 0.654. The summed E-state index contributed by atoms with van der Waals surface area (Å²) in [6, 6.07) is 11.4. The maximum absolute atomic E-state index is 5.69. The van der Waals surface area contributed by atoms with Crippen molar-refractivity contribution in [3.63, 3.8) is 0 Å². The van der Waals surface area contributed by atoms with E-state index < -0.39 is 0 Å². The zero-order chi connectivity index (χ0) is 13.2. The Hall–Kier alpha value is -1.39. The molecular weight excluding hydrogens is 254 g/mol. The van der Waals surface area contributed by atoms with Gasteiger partial charge in [0.2, 0.25) is 0 Å². The van der Waals surface area contributed by atoms with Crippen LogP contribution >= 0.6 is 11.3 Å². The third-order valence-corrected chi connectivity index (χ3v) is 4.72. The minimum absolute atomic E-state index is 0.619. The molecule has 19 heavy (non-hydrogen) atoms. The molecule has 1 fully saturated rings. The summed E-state index contributed by atoms with van der Waals surface area (Å²) in [6.45, 7) is 4.41. The summed E-state index contributed by atoms with van der Waals surface area (Å²) >= 11 is 1.60. The van der Waals surface area contributed by atoms with E-state index in [1.165, 1.54) is 16.9 Å². The zero-order valence-electron chi connectivity index (χ0n) is 11.1. The Kier molecular flexibility index (Phi) is 3.53. The zero-order valence-corrected chi connectivity index (χ0v) is 11.9. The number of nitrogens with zero attached hydrogens (tertiary/aromatic N) is 2. The highest BCUT2D eigenvalue weighted by Gasteiger charge is 2.30. The summed E-state index contributed by atoms with van der Waals surface area (Å²) in [5, 5.41) is 0.668. The van der Waals surface area contributed by atoms with E-state index in [9.17, 15) is 0 Å². The van der Waals surface area contributed by atoms with Crippen molar-refractivity contribution in [1.82, 2.24) is 9.88 Å². The van der Waals surface area contributed by atoms with Gasteiger partial charge in [0.25, 0.3) is 0 Å². The van der Waals surface area contributed by atoms with Crippen molar-refractivity contribution in [2.45, 2.75) is 31.8 Å². The molecule has 0 amide bonds. The molecule has 0 radical (unpaired) electrons. The molecule has 0 aliphatic carbocycles. The minimum atomic E-state index is 0.619. The van der Waals surface area contributed by atoms with E-state index in [0.717, 1.165) is 13.1 Å². The molecule has 0 spiro atoms. The summed E-state index contributed by atoms with van der Waals surface area (Å²) in [4.78, 5) is 7.92. The fraction of sp³-hybridized carbons (Fsp3) is 0.400. The molecule has 1 aromatic heterocycles. The van der Waals surface area contributed by atoms with Crippen molar-refractivity contribution in [2.24, 2.45) is 0 Å². The minimum Gasteiger partial charge on any atom is -0.375 e. The molecule has 0 saturated carbocycles. The van der Waals surface area contributed by atoms with Crippen molar-refractivity contribution >= 4 is 16.5 Å². The predicted octanol–water partition coefficient (Wildman–Crippen LogP) is 3.10. The average molecular weight is 273 g/mol. The first kappa shape index (κ1) is 12.6. The van der Waals surface area contributed by atoms with Gasteiger partial charge in [-0.25, -0.2) is 4.98 Å². The molecule has 2 atom stereocenters. The van der Waals surface area contributed by atoms with E-state index in [-0.39, 0.29) is 0 Å². The molecule has 2 N–H and O–H groups in total. The van der Waals surface area contributed by atoms with Crippen LogP contribution in [-0.2, 0) is 6.54 Å². The van der Waals surface area contributed by atoms with Crippen molar-refractivity contribution in [3.8, 4) is 0 Å². The number of nitrogen functional groups attached to an aromatic ring is 1. The largest absolute Gasteiger partial charge is 0.375 e. The van der Waals surface area contributed by atoms with E-state index >= 15 is 0 Å². The van der Waals surface area contributed by atoms with E-state index in [2.05, 4.69) is 47.1 Å². The highest BCUT2D eigenvalue weighted by atomic mass is 32.1. The van der Waals surface area contributed by atoms with Gasteiger partial charge < -0.3 is 5.73 Å². The van der Waals surface area contributed by atoms with E-state index in [4.69, 9.17) is 5.73 Å². The lowest BCUT2D eigenvalue weighted by Gasteiger charge is -2.19. The van der Waals surface area contributed by atoms with Crippen LogP contribution in [0.15, 0.2) is 36.5 Å². The Bertz CT molecular complexity index is 537. The second-order valence-electron chi connectivity index (χ2n) is 5.29. The van der Waals surface area contributed by atoms with Crippen LogP contribution in [0, 0.1) is 0 Å². The first-order valence-electron chi connectivity index (χ1n) is 6.71. The highest BCUT2D eigenvalue weighted by molar-refractivity contribution is 7.15. The maximum atomic E-state index is 5.69. The molecule has 4 heteroatoms. The Balaban J connectivity index is 1.68. The second kappa shape index (κ2) is 5.31. The van der Waals surface area contributed by atoms with Gasteiger partial charge >= 0.3 is 0 Å². The number of likely N-dealkylation sites (tertiary alicyclic amines) is 1. The normalized spacial score (nSPS) is 23.8. The third kappa shape index (κ3) is 2.80. The van der Waals surface area contributed by atoms with Crippen molar-refractivity contribution < 1.29 is 0 Å². The molecular formula is C15H19N3S. The van der Waals surface area contributed by atoms with Gasteiger partial charge in [0, 0.05) is 30.2 Å². The fourth-order valence-corrected chi connectivity index (χ4v) is 3.59. The second-order valence-corrected chi connectivity index (χ2v) is 6.43. The molecule has 2 unspecified atom stereocenters. The third-order valence-electron chi connectivity index (χ3n) is 3.91. The molecule has 1 aliphatic heterocycles. The number of rotatable bonds is 3. The SMILES string of the molecule is CC1CC(c2ccccc2)CN1Cc1cnc(N)s1. The number of benzene rings is 1. The number of nitrogens with two attached hydrogens (primary N) is 1. The molecule has 2 aromatic rings. The molecule has 0 bridgehead atoms. The average Bonchev–Trinajstić information content (AvgIpc) is 2.98. The van der Waals surface area contributed by atoms with Gasteiger partial charge in [-0.15, -0.1) is 11.3 Å². The van der Waals surface area contributed by atoms with Crippen LogP contribution in [0.1, 0.15) is 29.7 Å². The Morgan fingerprint density at radius 2 is 2.16 bits per heavy atom. The van der Waals surface area contributed by atoms with E-state index in [0.29, 0.717) is 17.1 Å². The van der Waals surface area contributed by atoms with Gasteiger partial charge in [-0.3, -0.25) is 4.90 Å². The number of anilines is 1. The molecule has 3 rings (SSSR count). The molecule has 2 heterocycles. The Morgan fingerprint density at radius 3 is 2.84 bits per heavy atom. The lowest BCUT2D eigenvalue weighted by molar-refractivity contribution is 0.261. The predicted molar refractivity (Wildman–Crippen MR) is 80.2 cm³/mol. The smallest absolute Gasteiger partial charge is 0.180 e. The van der Waals surface area contributed by atoms with Crippen molar-refractivity contribution in [1.29, 1.82) is 0 Å². The topological polar surface area (TPSA) is 42.2 Å². The van der Waals surface area contributed by atoms with Gasteiger partial charge in [-0.05, 0) is 24.8 Å². The van der Waals surface area contributed by atoms with Crippen LogP contribution in [-0.4, -0.2) is 22.5 Å². The van der Waals surface area contributed by atoms with Crippen molar-refractivity contribution in [2.75, 3.05) is 12.3 Å². The van der Waals surface area contributed by atoms with Gasteiger partial charge in [-0.1, -0.05) is 30.3 Å². The maximum Gasteiger partial charge on any atom is 0.180 e. The van der Waals surface area contributed by atoms with Crippen LogP contribution in [0.4, 0.5) is 5.13 Å². The quantitative estimate of drug-likeness (QED) is 0.934. The number of hydrogen-bond donors (Lipinski definition) is 1. The van der Waals surface area contributed by atoms with Gasteiger partial charge in [0.15, 0.2) is 5.13 Å². The standard InChI is InChI=1S/C15H19N3S/c1-11-7-13(12-5-3-2-4-6-12)9-18(11)10-14-8-17-15(16)19-14/h2-6,8,11,13H,7,9-10H2,1H3,(H2,16,17). The fourth-order valence-electron chi connectivity index (χ4n) is 2.88. The molecule has 3 nitrogen and oxygen atoms in total. The summed E-state index contributed by atoms with van der Waals surface area (Å²) in [5.41, 5.74) is 7.15. The van der Waals surface area contributed by atoms with Crippen LogP contribution in [0.3, 0.4) is 0 Å². The highest BCUT2D eigenvalue weighted by Crippen LogP contribution is 2.33. The van der Waals surface area contributed by atoms with Gasteiger partial charge in [-0.2, -0.15) is 0 Å². The van der Waals surface area contributed by atoms with E-state index in [1.54, 1.807) is 11.3 Å². The van der Waals surface area contributed by atoms with Gasteiger partial charge in [0.1, 0.15) is 0 Å². The molecule has 100 valence electrons. The monoisotopic (exact) mass is 273 g/mol. The van der Waals surface area contributed by atoms with Crippen LogP contribution in [0.2, 0.25) is 0 Å². The first-order chi connectivity index (χ1) is 9.22. The van der Waals surface area contributed by atoms with Crippen LogP contribution < -0.4 is 5.73 Å². The summed E-state index contributed by atoms with van der Waals surface area (Å²) < 4.78 is 0.